The molecule has 0 aromatic heterocycles. The monoisotopic (exact) mass is 467 g/mol. The molecule has 1 heterocycles. The Kier molecular flexibility index (Phi) is 8.41. The number of fused-ring (bicyclic) bond motifs is 1. The maximum absolute atomic E-state index is 13.0. The summed E-state index contributed by atoms with van der Waals surface area (Å²) >= 11 is 1.38. The Bertz CT molecular complexity index is 892. The van der Waals surface area contributed by atoms with Crippen LogP contribution in [0.5, 0.6) is 0 Å². The topological polar surface area (TPSA) is 86.8 Å². The molecule has 2 aliphatic rings. The Morgan fingerprint density at radius 1 is 1.13 bits per heavy atom. The van der Waals surface area contributed by atoms with Crippen LogP contribution in [-0.2, 0) is 19.6 Å². The highest BCUT2D eigenvalue weighted by molar-refractivity contribution is 8.00. The van der Waals surface area contributed by atoms with Gasteiger partial charge in [0, 0.05) is 24.0 Å². The minimum absolute atomic E-state index is 0.0857. The first-order chi connectivity index (χ1) is 14.9. The summed E-state index contributed by atoms with van der Waals surface area (Å²) in [7, 11) is -3.65. The predicted octanol–water partition coefficient (Wildman–Crippen LogP) is 3.38. The molecule has 31 heavy (non-hydrogen) atoms. The van der Waals surface area contributed by atoms with Crippen molar-refractivity contribution in [2.24, 2.45) is 0 Å². The number of thioether (sulfide) groups is 1. The summed E-state index contributed by atoms with van der Waals surface area (Å²) in [5.41, 5.74) is 0.502. The average Bonchev–Trinajstić information content (AvgIpc) is 2.72. The molecule has 0 bridgehead atoms. The number of anilines is 1. The van der Waals surface area contributed by atoms with Gasteiger partial charge in [-0.3, -0.25) is 9.59 Å². The lowest BCUT2D eigenvalue weighted by molar-refractivity contribution is -0.123. The van der Waals surface area contributed by atoms with Crippen molar-refractivity contribution in [2.75, 3.05) is 30.3 Å². The third kappa shape index (κ3) is 5.81. The number of nitrogens with one attached hydrogen (secondary N) is 1. The number of sulfonamides is 1. The van der Waals surface area contributed by atoms with Gasteiger partial charge < -0.3 is 10.2 Å². The van der Waals surface area contributed by atoms with Gasteiger partial charge in [0.1, 0.15) is 6.54 Å². The van der Waals surface area contributed by atoms with E-state index in [1.165, 1.54) is 46.3 Å². The Balaban J connectivity index is 1.79. The van der Waals surface area contributed by atoms with Crippen molar-refractivity contribution in [1.82, 2.24) is 9.62 Å². The highest BCUT2D eigenvalue weighted by Gasteiger charge is 2.30. The third-order valence-electron chi connectivity index (χ3n) is 5.99. The number of carbonyl (C=O) groups is 2. The maximum Gasteiger partial charge on any atom is 0.243 e. The van der Waals surface area contributed by atoms with Crippen molar-refractivity contribution in [3.05, 3.63) is 18.2 Å². The molecule has 1 saturated carbocycles. The van der Waals surface area contributed by atoms with Gasteiger partial charge in [-0.1, -0.05) is 46.0 Å². The number of amides is 2. The van der Waals surface area contributed by atoms with E-state index in [0.717, 1.165) is 30.6 Å². The maximum atomic E-state index is 13.0. The molecule has 3 rings (SSSR count). The minimum Gasteiger partial charge on any atom is -0.352 e. The number of hydrogen-bond acceptors (Lipinski definition) is 5. The number of carbonyl (C=O) groups excluding carboxylic acids is 2. The lowest BCUT2D eigenvalue weighted by atomic mass is 9.97. The van der Waals surface area contributed by atoms with Crippen LogP contribution >= 0.6 is 11.8 Å². The van der Waals surface area contributed by atoms with E-state index in [-0.39, 0.29) is 35.0 Å². The van der Waals surface area contributed by atoms with Crippen molar-refractivity contribution in [3.63, 3.8) is 0 Å². The van der Waals surface area contributed by atoms with E-state index in [4.69, 9.17) is 0 Å². The second-order valence-corrected chi connectivity index (χ2v) is 11.1. The molecule has 2 amide bonds. The van der Waals surface area contributed by atoms with Crippen LogP contribution < -0.4 is 10.2 Å². The van der Waals surface area contributed by atoms with Gasteiger partial charge in [-0.2, -0.15) is 4.31 Å². The minimum atomic E-state index is -3.65. The summed E-state index contributed by atoms with van der Waals surface area (Å²) < 4.78 is 27.3. The van der Waals surface area contributed by atoms with Gasteiger partial charge in [0.2, 0.25) is 21.8 Å². The fraction of sp³-hybridized carbons (Fsp3) is 0.636. The van der Waals surface area contributed by atoms with Gasteiger partial charge in [0.25, 0.3) is 0 Å². The van der Waals surface area contributed by atoms with E-state index < -0.39 is 10.0 Å². The first kappa shape index (κ1) is 24.1. The van der Waals surface area contributed by atoms with Gasteiger partial charge in [-0.05, 0) is 31.0 Å². The average molecular weight is 468 g/mol. The molecule has 0 atom stereocenters. The fourth-order valence-corrected chi connectivity index (χ4v) is 6.64. The zero-order valence-electron chi connectivity index (χ0n) is 18.4. The van der Waals surface area contributed by atoms with Crippen molar-refractivity contribution in [1.29, 1.82) is 0 Å². The number of hydrogen-bond donors (Lipinski definition) is 1. The van der Waals surface area contributed by atoms with E-state index in [1.54, 1.807) is 26.0 Å². The van der Waals surface area contributed by atoms with Crippen molar-refractivity contribution >= 4 is 39.3 Å². The fourth-order valence-electron chi connectivity index (χ4n) is 4.25. The first-order valence-corrected chi connectivity index (χ1v) is 13.7. The highest BCUT2D eigenvalue weighted by atomic mass is 32.2. The van der Waals surface area contributed by atoms with Crippen molar-refractivity contribution in [3.8, 4) is 0 Å². The SMILES string of the molecule is CCN(CC)S(=O)(=O)c1ccc2c(c1)N(CC(=O)NC1CCCCCCC1)C(=O)CS2. The van der Waals surface area contributed by atoms with E-state index in [9.17, 15) is 18.0 Å². The van der Waals surface area contributed by atoms with Crippen molar-refractivity contribution < 1.29 is 18.0 Å². The van der Waals surface area contributed by atoms with Gasteiger partial charge in [0.15, 0.2) is 0 Å². The summed E-state index contributed by atoms with van der Waals surface area (Å²) in [6.45, 7) is 4.25. The standard InChI is InChI=1S/C22H33N3O4S2/c1-3-24(4-2)31(28,29)18-12-13-20-19(14-18)25(22(27)16-30-20)15-21(26)23-17-10-8-6-5-7-9-11-17/h12-14,17H,3-11,15-16H2,1-2H3,(H,23,26). The molecule has 1 fully saturated rings. The molecule has 9 heteroatoms. The smallest absolute Gasteiger partial charge is 0.243 e. The second-order valence-electron chi connectivity index (χ2n) is 8.10. The molecule has 172 valence electrons. The molecule has 0 unspecified atom stereocenters. The van der Waals surface area contributed by atoms with Crippen LogP contribution in [0.15, 0.2) is 28.0 Å². The molecule has 0 radical (unpaired) electrons. The Morgan fingerprint density at radius 2 is 1.77 bits per heavy atom. The molecule has 1 aromatic rings. The quantitative estimate of drug-likeness (QED) is 0.664. The van der Waals surface area contributed by atoms with Crippen molar-refractivity contribution in [2.45, 2.75) is 74.6 Å². The van der Waals surface area contributed by atoms with Gasteiger partial charge in [-0.15, -0.1) is 11.8 Å². The van der Waals surface area contributed by atoms with Crippen LogP contribution in [0.1, 0.15) is 58.8 Å². The van der Waals surface area contributed by atoms with Crippen LogP contribution in [0.25, 0.3) is 0 Å². The number of nitrogens with zero attached hydrogens (tertiary/aromatic N) is 2. The molecule has 0 saturated heterocycles. The summed E-state index contributed by atoms with van der Waals surface area (Å²) in [5.74, 6) is -0.122. The summed E-state index contributed by atoms with van der Waals surface area (Å²) in [6, 6.07) is 5.01. The summed E-state index contributed by atoms with van der Waals surface area (Å²) in [6.07, 6.45) is 7.82. The zero-order chi connectivity index (χ0) is 22.4. The molecule has 1 N–H and O–H groups in total. The van der Waals surface area contributed by atoms with Crippen LogP contribution in [0.4, 0.5) is 5.69 Å². The Morgan fingerprint density at radius 3 is 2.42 bits per heavy atom. The van der Waals surface area contributed by atoms with E-state index in [0.29, 0.717) is 18.8 Å². The van der Waals surface area contributed by atoms with Gasteiger partial charge >= 0.3 is 0 Å². The number of benzene rings is 1. The predicted molar refractivity (Wildman–Crippen MR) is 124 cm³/mol. The van der Waals surface area contributed by atoms with Crippen LogP contribution in [0.3, 0.4) is 0 Å². The normalized spacial score (nSPS) is 18.4. The van der Waals surface area contributed by atoms with E-state index in [1.807, 2.05) is 0 Å². The number of rotatable bonds is 7. The molecule has 1 aliphatic heterocycles. The largest absolute Gasteiger partial charge is 0.352 e. The van der Waals surface area contributed by atoms with Crippen LogP contribution in [0.2, 0.25) is 0 Å². The van der Waals surface area contributed by atoms with Crippen LogP contribution in [0, 0.1) is 0 Å². The highest BCUT2D eigenvalue weighted by Crippen LogP contribution is 2.37. The third-order valence-corrected chi connectivity index (χ3v) is 9.08. The summed E-state index contributed by atoms with van der Waals surface area (Å²) in [5, 5.41) is 3.10. The van der Waals surface area contributed by atoms with E-state index >= 15 is 0 Å². The first-order valence-electron chi connectivity index (χ1n) is 11.2. The summed E-state index contributed by atoms with van der Waals surface area (Å²) in [4.78, 5) is 27.8. The molecular weight excluding hydrogens is 434 g/mol. The molecule has 0 spiro atoms. The lowest BCUT2D eigenvalue weighted by Gasteiger charge is -2.30. The molecule has 1 aliphatic carbocycles. The van der Waals surface area contributed by atoms with E-state index in [2.05, 4.69) is 5.32 Å². The second kappa shape index (κ2) is 10.8. The van der Waals surface area contributed by atoms with Crippen LogP contribution in [-0.4, -0.2) is 56.0 Å². The molecule has 7 nitrogen and oxygen atoms in total. The Labute approximate surface area is 190 Å². The Hall–Kier alpha value is -1.58. The lowest BCUT2D eigenvalue weighted by Crippen LogP contribution is -2.46. The molecular formula is C22H33N3O4S2. The van der Waals surface area contributed by atoms with Gasteiger partial charge in [0.05, 0.1) is 16.3 Å². The molecule has 1 aromatic carbocycles. The van der Waals surface area contributed by atoms with Gasteiger partial charge in [-0.25, -0.2) is 8.42 Å². The zero-order valence-corrected chi connectivity index (χ0v) is 20.1.